The maximum Gasteiger partial charge on any atom is 0.305 e. The van der Waals surface area contributed by atoms with Crippen LogP contribution in [0.1, 0.15) is 30.0 Å². The van der Waals surface area contributed by atoms with E-state index < -0.39 is 12.0 Å². The van der Waals surface area contributed by atoms with Crippen LogP contribution in [0.15, 0.2) is 60.7 Å². The van der Waals surface area contributed by atoms with Crippen molar-refractivity contribution in [3.8, 4) is 0 Å². The van der Waals surface area contributed by atoms with Gasteiger partial charge in [0.15, 0.2) is 0 Å². The largest absolute Gasteiger partial charge is 0.481 e. The van der Waals surface area contributed by atoms with Crippen LogP contribution in [0.25, 0.3) is 0 Å². The van der Waals surface area contributed by atoms with E-state index in [9.17, 15) is 14.4 Å². The summed E-state index contributed by atoms with van der Waals surface area (Å²) in [5.74, 6) is -1.45. The van der Waals surface area contributed by atoms with E-state index in [0.29, 0.717) is 0 Å². The van der Waals surface area contributed by atoms with Crippen molar-refractivity contribution in [1.82, 2.24) is 10.6 Å². The molecular formula is C20H22N2O4. The van der Waals surface area contributed by atoms with Gasteiger partial charge >= 0.3 is 5.97 Å². The molecular weight excluding hydrogens is 332 g/mol. The molecule has 0 spiro atoms. The lowest BCUT2D eigenvalue weighted by Gasteiger charge is -2.17. The van der Waals surface area contributed by atoms with Crippen LogP contribution in [0.4, 0.5) is 0 Å². The number of carboxylic acids is 1. The number of carboxylic acid groups (broad SMARTS) is 1. The molecule has 1 atom stereocenters. The fourth-order valence-electron chi connectivity index (χ4n) is 2.54. The van der Waals surface area contributed by atoms with Crippen molar-refractivity contribution in [2.24, 2.45) is 0 Å². The number of carbonyl (C=O) groups is 3. The number of hydrogen-bond donors (Lipinski definition) is 3. The average molecular weight is 354 g/mol. The quantitative estimate of drug-likeness (QED) is 0.642. The van der Waals surface area contributed by atoms with Gasteiger partial charge in [0.2, 0.25) is 11.8 Å². The van der Waals surface area contributed by atoms with Gasteiger partial charge in [-0.1, -0.05) is 60.7 Å². The summed E-state index contributed by atoms with van der Waals surface area (Å²) in [6, 6.07) is 17.7. The fraction of sp³-hybridized carbons (Fsp3) is 0.250. The molecule has 0 aliphatic heterocycles. The molecule has 0 aliphatic rings. The monoisotopic (exact) mass is 354 g/mol. The van der Waals surface area contributed by atoms with Crippen molar-refractivity contribution in [2.45, 2.75) is 25.3 Å². The summed E-state index contributed by atoms with van der Waals surface area (Å²) in [5, 5.41) is 14.5. The van der Waals surface area contributed by atoms with Crippen LogP contribution < -0.4 is 10.6 Å². The first-order valence-corrected chi connectivity index (χ1v) is 8.41. The molecule has 2 aromatic rings. The van der Waals surface area contributed by atoms with Crippen LogP contribution in [-0.4, -0.2) is 29.4 Å². The Morgan fingerprint density at radius 2 is 1.50 bits per heavy atom. The predicted octanol–water partition coefficient (Wildman–Crippen LogP) is 2.07. The van der Waals surface area contributed by atoms with Crippen LogP contribution in [0.5, 0.6) is 0 Å². The Morgan fingerprint density at radius 1 is 0.885 bits per heavy atom. The summed E-state index contributed by atoms with van der Waals surface area (Å²) >= 11 is 0. The lowest BCUT2D eigenvalue weighted by atomic mass is 10.0. The van der Waals surface area contributed by atoms with E-state index >= 15 is 0 Å². The van der Waals surface area contributed by atoms with E-state index in [1.54, 1.807) is 24.3 Å². The maximum absolute atomic E-state index is 12.1. The van der Waals surface area contributed by atoms with Gasteiger partial charge in [-0.25, -0.2) is 0 Å². The van der Waals surface area contributed by atoms with Gasteiger partial charge < -0.3 is 15.7 Å². The van der Waals surface area contributed by atoms with Crippen molar-refractivity contribution in [2.75, 3.05) is 6.54 Å². The summed E-state index contributed by atoms with van der Waals surface area (Å²) in [5.41, 5.74) is 1.64. The third-order valence-corrected chi connectivity index (χ3v) is 3.80. The van der Waals surface area contributed by atoms with Crippen LogP contribution in [0.3, 0.4) is 0 Å². The van der Waals surface area contributed by atoms with Crippen LogP contribution in [0.2, 0.25) is 0 Å². The lowest BCUT2D eigenvalue weighted by molar-refractivity contribution is -0.137. The Bertz CT molecular complexity index is 732. The van der Waals surface area contributed by atoms with E-state index in [0.717, 1.165) is 11.1 Å². The van der Waals surface area contributed by atoms with Gasteiger partial charge in [0.25, 0.3) is 0 Å². The number of carbonyl (C=O) groups excluding carboxylic acids is 2. The molecule has 6 nitrogen and oxygen atoms in total. The minimum atomic E-state index is -0.990. The Hall–Kier alpha value is -3.15. The topological polar surface area (TPSA) is 95.5 Å². The Kier molecular flexibility index (Phi) is 7.36. The molecule has 0 heterocycles. The second kappa shape index (κ2) is 9.98. The maximum atomic E-state index is 12.1. The highest BCUT2D eigenvalue weighted by Gasteiger charge is 2.17. The van der Waals surface area contributed by atoms with Crippen molar-refractivity contribution >= 4 is 17.8 Å². The molecule has 0 fully saturated rings. The molecule has 26 heavy (non-hydrogen) atoms. The van der Waals surface area contributed by atoms with Crippen molar-refractivity contribution < 1.29 is 19.5 Å². The first kappa shape index (κ1) is 19.2. The molecule has 0 saturated carbocycles. The summed E-state index contributed by atoms with van der Waals surface area (Å²) in [4.78, 5) is 35.0. The van der Waals surface area contributed by atoms with Crippen molar-refractivity contribution in [3.05, 3.63) is 71.8 Å². The average Bonchev–Trinajstić information content (AvgIpc) is 2.62. The molecule has 0 saturated heterocycles. The smallest absolute Gasteiger partial charge is 0.305 e. The third kappa shape index (κ3) is 6.76. The standard InChI is InChI=1S/C20H22N2O4/c23-18(11-12-21-19(24)13-15-7-3-1-4-8-15)22-17(14-20(25)26)16-9-5-2-6-10-16/h1-10,17H,11-14H2,(H,21,24)(H,22,23)(H,25,26). The molecule has 6 heteroatoms. The molecule has 2 rings (SSSR count). The zero-order valence-electron chi connectivity index (χ0n) is 14.4. The summed E-state index contributed by atoms with van der Waals surface area (Å²) in [7, 11) is 0. The lowest BCUT2D eigenvalue weighted by Crippen LogP contribution is -2.34. The normalized spacial score (nSPS) is 11.4. The highest BCUT2D eigenvalue weighted by Crippen LogP contribution is 2.16. The zero-order valence-corrected chi connectivity index (χ0v) is 14.4. The predicted molar refractivity (Wildman–Crippen MR) is 97.4 cm³/mol. The van der Waals surface area contributed by atoms with Gasteiger partial charge in [-0.15, -0.1) is 0 Å². The molecule has 136 valence electrons. The number of amides is 2. The molecule has 1 unspecified atom stereocenters. The molecule has 2 amide bonds. The first-order valence-electron chi connectivity index (χ1n) is 8.41. The molecule has 0 bridgehead atoms. The number of aliphatic carboxylic acids is 1. The van der Waals surface area contributed by atoms with E-state index in [4.69, 9.17) is 5.11 Å². The summed E-state index contributed by atoms with van der Waals surface area (Å²) < 4.78 is 0. The summed E-state index contributed by atoms with van der Waals surface area (Å²) in [6.07, 6.45) is 0.147. The van der Waals surface area contributed by atoms with E-state index in [2.05, 4.69) is 10.6 Å². The number of nitrogens with one attached hydrogen (secondary N) is 2. The van der Waals surface area contributed by atoms with E-state index in [1.165, 1.54) is 0 Å². The Morgan fingerprint density at radius 3 is 2.12 bits per heavy atom. The van der Waals surface area contributed by atoms with Gasteiger partial charge in [-0.2, -0.15) is 0 Å². The van der Waals surface area contributed by atoms with E-state index in [1.807, 2.05) is 36.4 Å². The molecule has 0 aromatic heterocycles. The zero-order chi connectivity index (χ0) is 18.8. The van der Waals surface area contributed by atoms with Gasteiger partial charge in [0, 0.05) is 13.0 Å². The minimum absolute atomic E-state index is 0.0868. The molecule has 0 radical (unpaired) electrons. The highest BCUT2D eigenvalue weighted by atomic mass is 16.4. The van der Waals surface area contributed by atoms with Crippen molar-refractivity contribution in [1.29, 1.82) is 0 Å². The SMILES string of the molecule is O=C(O)CC(NC(=O)CCNC(=O)Cc1ccccc1)c1ccccc1. The van der Waals surface area contributed by atoms with Crippen LogP contribution in [-0.2, 0) is 20.8 Å². The van der Waals surface area contributed by atoms with Gasteiger partial charge in [0.05, 0.1) is 18.9 Å². The highest BCUT2D eigenvalue weighted by molar-refractivity contribution is 5.81. The second-order valence-corrected chi connectivity index (χ2v) is 5.89. The molecule has 0 aliphatic carbocycles. The molecule has 2 aromatic carbocycles. The van der Waals surface area contributed by atoms with Crippen LogP contribution >= 0.6 is 0 Å². The van der Waals surface area contributed by atoms with Gasteiger partial charge in [0.1, 0.15) is 0 Å². The van der Waals surface area contributed by atoms with E-state index in [-0.39, 0.29) is 37.6 Å². The van der Waals surface area contributed by atoms with Gasteiger partial charge in [-0.3, -0.25) is 14.4 Å². The Labute approximate surface area is 152 Å². The van der Waals surface area contributed by atoms with Crippen LogP contribution in [0, 0.1) is 0 Å². The minimum Gasteiger partial charge on any atom is -0.481 e. The Balaban J connectivity index is 1.79. The first-order chi connectivity index (χ1) is 12.5. The second-order valence-electron chi connectivity index (χ2n) is 5.89. The number of rotatable bonds is 9. The molecule has 3 N–H and O–H groups in total. The number of hydrogen-bond acceptors (Lipinski definition) is 3. The number of benzene rings is 2. The summed E-state index contributed by atoms with van der Waals surface area (Å²) in [6.45, 7) is 0.200. The fourth-order valence-corrected chi connectivity index (χ4v) is 2.54. The van der Waals surface area contributed by atoms with Crippen molar-refractivity contribution in [3.63, 3.8) is 0 Å². The third-order valence-electron chi connectivity index (χ3n) is 3.80. The van der Waals surface area contributed by atoms with Gasteiger partial charge in [-0.05, 0) is 11.1 Å².